The van der Waals surface area contributed by atoms with Crippen molar-refractivity contribution in [1.82, 2.24) is 0 Å². The number of esters is 1. The minimum absolute atomic E-state index is 0.0881. The van der Waals surface area contributed by atoms with Gasteiger partial charge in [-0.15, -0.1) is 0 Å². The van der Waals surface area contributed by atoms with Gasteiger partial charge in [0.05, 0.1) is 6.10 Å². The molecule has 80 valence electrons. The second kappa shape index (κ2) is 5.81. The molecule has 1 saturated carbocycles. The van der Waals surface area contributed by atoms with Crippen LogP contribution in [0, 0.1) is 0 Å². The third kappa shape index (κ3) is 3.50. The highest BCUT2D eigenvalue weighted by molar-refractivity contribution is 5.81. The molecule has 0 aromatic heterocycles. The number of hydrogen-bond donors (Lipinski definition) is 0. The van der Waals surface area contributed by atoms with E-state index in [-0.39, 0.29) is 12.1 Å². The molecular formula is C11H18O3. The van der Waals surface area contributed by atoms with Crippen LogP contribution in [-0.4, -0.2) is 25.3 Å². The summed E-state index contributed by atoms with van der Waals surface area (Å²) < 4.78 is 10.5. The first kappa shape index (κ1) is 11.2. The summed E-state index contributed by atoms with van der Waals surface area (Å²) in [5, 5.41) is 0. The Kier molecular flexibility index (Phi) is 4.66. The zero-order valence-corrected chi connectivity index (χ0v) is 8.86. The van der Waals surface area contributed by atoms with E-state index in [0.29, 0.717) is 6.10 Å². The van der Waals surface area contributed by atoms with Gasteiger partial charge in [-0.3, -0.25) is 0 Å². The fourth-order valence-corrected chi connectivity index (χ4v) is 1.73. The Morgan fingerprint density at radius 1 is 1.21 bits per heavy atom. The third-order valence-electron chi connectivity index (χ3n) is 2.54. The molecule has 0 N–H and O–H groups in total. The number of ether oxygens (including phenoxy) is 2. The van der Waals surface area contributed by atoms with Gasteiger partial charge in [-0.1, -0.05) is 6.08 Å². The van der Waals surface area contributed by atoms with Crippen molar-refractivity contribution < 1.29 is 14.3 Å². The lowest BCUT2D eigenvalue weighted by Gasteiger charge is -2.26. The van der Waals surface area contributed by atoms with Crippen LogP contribution in [0.15, 0.2) is 12.2 Å². The van der Waals surface area contributed by atoms with Crippen molar-refractivity contribution in [1.29, 1.82) is 0 Å². The van der Waals surface area contributed by atoms with Gasteiger partial charge in [-0.05, 0) is 32.6 Å². The smallest absolute Gasteiger partial charge is 0.330 e. The van der Waals surface area contributed by atoms with E-state index in [1.165, 1.54) is 6.08 Å². The molecule has 0 saturated heterocycles. The van der Waals surface area contributed by atoms with Gasteiger partial charge in [-0.2, -0.15) is 0 Å². The molecule has 0 heterocycles. The lowest BCUT2D eigenvalue weighted by Crippen LogP contribution is -2.27. The minimum Gasteiger partial charge on any atom is -0.459 e. The van der Waals surface area contributed by atoms with E-state index in [0.717, 1.165) is 25.7 Å². The zero-order chi connectivity index (χ0) is 10.4. The highest BCUT2D eigenvalue weighted by Gasteiger charge is 2.22. The van der Waals surface area contributed by atoms with E-state index in [1.54, 1.807) is 13.2 Å². The number of allylic oxidation sites excluding steroid dienone is 1. The molecule has 0 atom stereocenters. The second-order valence-corrected chi connectivity index (χ2v) is 3.57. The molecular weight excluding hydrogens is 180 g/mol. The molecule has 0 radical (unpaired) electrons. The molecule has 1 fully saturated rings. The first-order valence-electron chi connectivity index (χ1n) is 5.12. The Labute approximate surface area is 85.1 Å². The Hall–Kier alpha value is -0.830. The van der Waals surface area contributed by atoms with E-state index in [9.17, 15) is 4.79 Å². The molecule has 3 heteroatoms. The maximum atomic E-state index is 11.1. The van der Waals surface area contributed by atoms with Crippen molar-refractivity contribution in [2.45, 2.75) is 44.8 Å². The third-order valence-corrected chi connectivity index (χ3v) is 2.54. The van der Waals surface area contributed by atoms with Crippen molar-refractivity contribution in [2.24, 2.45) is 0 Å². The van der Waals surface area contributed by atoms with E-state index in [4.69, 9.17) is 9.47 Å². The fraction of sp³-hybridized carbons (Fsp3) is 0.727. The van der Waals surface area contributed by atoms with Crippen molar-refractivity contribution in [2.75, 3.05) is 7.11 Å². The van der Waals surface area contributed by atoms with Crippen LogP contribution in [0.1, 0.15) is 32.6 Å². The second-order valence-electron chi connectivity index (χ2n) is 3.57. The highest BCUT2D eigenvalue weighted by Crippen LogP contribution is 2.22. The van der Waals surface area contributed by atoms with E-state index in [2.05, 4.69) is 0 Å². The van der Waals surface area contributed by atoms with Crippen molar-refractivity contribution in [3.63, 3.8) is 0 Å². The zero-order valence-electron chi connectivity index (χ0n) is 8.86. The molecule has 0 spiro atoms. The van der Waals surface area contributed by atoms with Crippen LogP contribution in [0.4, 0.5) is 0 Å². The predicted octanol–water partition coefficient (Wildman–Crippen LogP) is 2.06. The lowest BCUT2D eigenvalue weighted by atomic mass is 9.95. The molecule has 3 nitrogen and oxygen atoms in total. The fourth-order valence-electron chi connectivity index (χ4n) is 1.73. The average molecular weight is 198 g/mol. The largest absolute Gasteiger partial charge is 0.459 e. The van der Waals surface area contributed by atoms with Crippen LogP contribution >= 0.6 is 0 Å². The van der Waals surface area contributed by atoms with Gasteiger partial charge in [0.1, 0.15) is 6.10 Å². The quantitative estimate of drug-likeness (QED) is 0.514. The monoisotopic (exact) mass is 198 g/mol. The van der Waals surface area contributed by atoms with Crippen molar-refractivity contribution in [3.05, 3.63) is 12.2 Å². The summed E-state index contributed by atoms with van der Waals surface area (Å²) in [6, 6.07) is 0. The minimum atomic E-state index is -0.228. The van der Waals surface area contributed by atoms with Gasteiger partial charge >= 0.3 is 5.97 Å². The van der Waals surface area contributed by atoms with Gasteiger partial charge in [0, 0.05) is 13.2 Å². The van der Waals surface area contributed by atoms with Gasteiger partial charge in [0.15, 0.2) is 0 Å². The van der Waals surface area contributed by atoms with Gasteiger partial charge in [-0.25, -0.2) is 4.79 Å². The first-order chi connectivity index (χ1) is 6.76. The van der Waals surface area contributed by atoms with Gasteiger partial charge in [0.25, 0.3) is 0 Å². The van der Waals surface area contributed by atoms with Crippen molar-refractivity contribution >= 4 is 5.97 Å². The average Bonchev–Trinajstić information content (AvgIpc) is 2.19. The Balaban J connectivity index is 2.25. The van der Waals surface area contributed by atoms with E-state index in [1.807, 2.05) is 6.92 Å². The first-order valence-corrected chi connectivity index (χ1v) is 5.12. The summed E-state index contributed by atoms with van der Waals surface area (Å²) in [5.74, 6) is -0.228. The summed E-state index contributed by atoms with van der Waals surface area (Å²) in [7, 11) is 1.73. The molecule has 0 unspecified atom stereocenters. The maximum Gasteiger partial charge on any atom is 0.330 e. The van der Waals surface area contributed by atoms with Crippen LogP contribution in [0.25, 0.3) is 0 Å². The molecule has 0 bridgehead atoms. The topological polar surface area (TPSA) is 35.5 Å². The number of hydrogen-bond acceptors (Lipinski definition) is 3. The summed E-state index contributed by atoms with van der Waals surface area (Å²) in [6.07, 6.45) is 7.42. The number of carbonyl (C=O) groups excluding carboxylic acids is 1. The molecule has 0 aromatic carbocycles. The SMILES string of the molecule is C/C=C\C(=O)OC1CCC(OC)CC1. The Morgan fingerprint density at radius 2 is 1.79 bits per heavy atom. The van der Waals surface area contributed by atoms with E-state index >= 15 is 0 Å². The Morgan fingerprint density at radius 3 is 2.29 bits per heavy atom. The molecule has 1 rings (SSSR count). The van der Waals surface area contributed by atoms with Crippen LogP contribution in [-0.2, 0) is 14.3 Å². The molecule has 0 aliphatic heterocycles. The number of methoxy groups -OCH3 is 1. The number of rotatable bonds is 3. The van der Waals surface area contributed by atoms with Crippen LogP contribution in [0.3, 0.4) is 0 Å². The van der Waals surface area contributed by atoms with Gasteiger partial charge < -0.3 is 9.47 Å². The predicted molar refractivity (Wildman–Crippen MR) is 54.0 cm³/mol. The molecule has 14 heavy (non-hydrogen) atoms. The van der Waals surface area contributed by atoms with Crippen LogP contribution in [0.5, 0.6) is 0 Å². The normalized spacial score (nSPS) is 27.9. The van der Waals surface area contributed by atoms with Crippen molar-refractivity contribution in [3.8, 4) is 0 Å². The molecule has 1 aliphatic carbocycles. The number of carbonyl (C=O) groups is 1. The molecule has 1 aliphatic rings. The highest BCUT2D eigenvalue weighted by atomic mass is 16.5. The van der Waals surface area contributed by atoms with Crippen LogP contribution < -0.4 is 0 Å². The summed E-state index contributed by atoms with van der Waals surface area (Å²) in [4.78, 5) is 11.1. The summed E-state index contributed by atoms with van der Waals surface area (Å²) in [6.45, 7) is 1.81. The maximum absolute atomic E-state index is 11.1. The Bertz CT molecular complexity index is 203. The van der Waals surface area contributed by atoms with E-state index < -0.39 is 0 Å². The standard InChI is InChI=1S/C11H18O3/c1-3-4-11(12)14-10-7-5-9(13-2)6-8-10/h3-4,9-10H,5-8H2,1-2H3/b4-3-. The molecule has 0 amide bonds. The van der Waals surface area contributed by atoms with Gasteiger partial charge in [0.2, 0.25) is 0 Å². The summed E-state index contributed by atoms with van der Waals surface area (Å²) >= 11 is 0. The lowest BCUT2D eigenvalue weighted by molar-refractivity contribution is -0.145. The van der Waals surface area contributed by atoms with Crippen LogP contribution in [0.2, 0.25) is 0 Å². The molecule has 0 aromatic rings. The summed E-state index contributed by atoms with van der Waals surface area (Å²) in [5.41, 5.74) is 0.